The van der Waals surface area contributed by atoms with Gasteiger partial charge in [-0.15, -0.1) is 0 Å². The van der Waals surface area contributed by atoms with E-state index in [1.807, 2.05) is 4.57 Å². The Balaban J connectivity index is 2.19. The molecule has 6 nitrogen and oxygen atoms in total. The van der Waals surface area contributed by atoms with Gasteiger partial charge in [0, 0.05) is 20.6 Å². The average Bonchev–Trinajstić information content (AvgIpc) is 2.83. The largest absolute Gasteiger partial charge is 0.325 e. The van der Waals surface area contributed by atoms with E-state index in [0.29, 0.717) is 11.5 Å². The van der Waals surface area contributed by atoms with Crippen molar-refractivity contribution >= 4 is 22.9 Å². The summed E-state index contributed by atoms with van der Waals surface area (Å²) in [5.74, 6) is 0.288. The van der Waals surface area contributed by atoms with Gasteiger partial charge in [0.05, 0.1) is 6.33 Å². The standard InChI is InChI=1S/C12H20N4O2S/c1-4-5-6-7-8-16-9-13-11-10(16)12(17)15(3)19(18)14(11)2/h9H,4-8H2,1-3H3. The number of carbonyl (C=O) groups is 1. The first kappa shape index (κ1) is 14.0. The van der Waals surface area contributed by atoms with Crippen molar-refractivity contribution in [3.05, 3.63) is 12.0 Å². The monoisotopic (exact) mass is 284 g/mol. The molecule has 2 rings (SSSR count). The SMILES string of the molecule is CCCCCCn1cnc2c1C(=O)N(C)S(=O)N2C. The van der Waals surface area contributed by atoms with Crippen LogP contribution in [0.3, 0.4) is 0 Å². The molecule has 0 bridgehead atoms. The highest BCUT2D eigenvalue weighted by Crippen LogP contribution is 2.27. The van der Waals surface area contributed by atoms with E-state index in [9.17, 15) is 9.00 Å². The molecular weight excluding hydrogens is 264 g/mol. The van der Waals surface area contributed by atoms with Crippen LogP contribution in [0.5, 0.6) is 0 Å². The Hall–Kier alpha value is -1.37. The summed E-state index contributed by atoms with van der Waals surface area (Å²) in [6.45, 7) is 2.95. The molecule has 0 saturated heterocycles. The summed E-state index contributed by atoms with van der Waals surface area (Å²) in [6.07, 6.45) is 6.23. The van der Waals surface area contributed by atoms with E-state index >= 15 is 0 Å². The number of amides is 1. The van der Waals surface area contributed by atoms with Crippen LogP contribution in [0.2, 0.25) is 0 Å². The number of nitrogens with zero attached hydrogens (tertiary/aromatic N) is 4. The van der Waals surface area contributed by atoms with E-state index in [1.165, 1.54) is 21.5 Å². The van der Waals surface area contributed by atoms with Crippen molar-refractivity contribution in [2.45, 2.75) is 39.2 Å². The number of anilines is 1. The number of rotatable bonds is 5. The van der Waals surface area contributed by atoms with E-state index in [2.05, 4.69) is 11.9 Å². The van der Waals surface area contributed by atoms with Crippen LogP contribution in [0.15, 0.2) is 6.33 Å². The molecule has 0 N–H and O–H groups in total. The number of hydrogen-bond donors (Lipinski definition) is 0. The maximum atomic E-state index is 12.2. The number of carbonyl (C=O) groups excluding carboxylic acids is 1. The number of unbranched alkanes of at least 4 members (excludes halogenated alkanes) is 3. The lowest BCUT2D eigenvalue weighted by atomic mass is 10.2. The van der Waals surface area contributed by atoms with Gasteiger partial charge < -0.3 is 4.57 Å². The summed E-state index contributed by atoms with van der Waals surface area (Å²) < 4.78 is 16.5. The minimum absolute atomic E-state index is 0.223. The summed E-state index contributed by atoms with van der Waals surface area (Å²) in [4.78, 5) is 16.4. The fraction of sp³-hybridized carbons (Fsp3) is 0.667. The highest BCUT2D eigenvalue weighted by molar-refractivity contribution is 7.84. The predicted octanol–water partition coefficient (Wildman–Crippen LogP) is 1.56. The molecule has 1 atom stereocenters. The molecule has 0 saturated carbocycles. The van der Waals surface area contributed by atoms with Gasteiger partial charge in [-0.2, -0.15) is 0 Å². The molecule has 1 aliphatic heterocycles. The number of aryl methyl sites for hydroxylation is 1. The van der Waals surface area contributed by atoms with Crippen molar-refractivity contribution in [3.8, 4) is 0 Å². The minimum Gasteiger partial charge on any atom is -0.325 e. The summed E-state index contributed by atoms with van der Waals surface area (Å²) >= 11 is -1.48. The first-order chi connectivity index (χ1) is 9.07. The fourth-order valence-corrected chi connectivity index (χ4v) is 3.05. The van der Waals surface area contributed by atoms with Crippen molar-refractivity contribution < 1.29 is 9.00 Å². The molecular formula is C12H20N4O2S. The van der Waals surface area contributed by atoms with Crippen LogP contribution in [0.1, 0.15) is 43.1 Å². The third-order valence-electron chi connectivity index (χ3n) is 3.33. The molecule has 1 aromatic rings. The van der Waals surface area contributed by atoms with Crippen LogP contribution >= 0.6 is 0 Å². The van der Waals surface area contributed by atoms with E-state index in [4.69, 9.17) is 0 Å². The zero-order chi connectivity index (χ0) is 14.0. The minimum atomic E-state index is -1.48. The molecule has 19 heavy (non-hydrogen) atoms. The Morgan fingerprint density at radius 2 is 1.95 bits per heavy atom. The van der Waals surface area contributed by atoms with Gasteiger partial charge in [-0.3, -0.25) is 9.10 Å². The van der Waals surface area contributed by atoms with Crippen LogP contribution in [-0.2, 0) is 17.7 Å². The van der Waals surface area contributed by atoms with Crippen LogP contribution in [0.4, 0.5) is 5.82 Å². The van der Waals surface area contributed by atoms with Crippen molar-refractivity contribution in [1.82, 2.24) is 13.9 Å². The molecule has 1 amide bonds. The number of aromatic nitrogens is 2. The first-order valence-corrected chi connectivity index (χ1v) is 7.63. The lowest BCUT2D eigenvalue weighted by Crippen LogP contribution is -2.44. The Morgan fingerprint density at radius 1 is 1.21 bits per heavy atom. The van der Waals surface area contributed by atoms with Crippen LogP contribution in [0.25, 0.3) is 0 Å². The van der Waals surface area contributed by atoms with Crippen molar-refractivity contribution in [3.63, 3.8) is 0 Å². The van der Waals surface area contributed by atoms with Crippen LogP contribution in [0, 0.1) is 0 Å². The highest BCUT2D eigenvalue weighted by Gasteiger charge is 2.35. The second-order valence-electron chi connectivity index (χ2n) is 4.70. The van der Waals surface area contributed by atoms with Crippen molar-refractivity contribution in [2.24, 2.45) is 0 Å². The maximum absolute atomic E-state index is 12.2. The van der Waals surface area contributed by atoms with Gasteiger partial charge in [-0.25, -0.2) is 13.5 Å². The van der Waals surface area contributed by atoms with Gasteiger partial charge >= 0.3 is 0 Å². The molecule has 0 radical (unpaired) electrons. The van der Waals surface area contributed by atoms with Crippen LogP contribution < -0.4 is 4.31 Å². The average molecular weight is 284 g/mol. The Morgan fingerprint density at radius 3 is 2.63 bits per heavy atom. The molecule has 1 aliphatic rings. The van der Waals surface area contributed by atoms with Gasteiger partial charge in [0.15, 0.2) is 11.5 Å². The normalized spacial score (nSPS) is 18.9. The summed E-state index contributed by atoms with van der Waals surface area (Å²) in [5.41, 5.74) is 0.543. The lowest BCUT2D eigenvalue weighted by molar-refractivity contribution is 0.0874. The smallest absolute Gasteiger partial charge is 0.287 e. The van der Waals surface area contributed by atoms with Crippen LogP contribution in [-0.4, -0.2) is 38.1 Å². The molecule has 0 fully saturated rings. The van der Waals surface area contributed by atoms with Gasteiger partial charge in [0.1, 0.15) is 0 Å². The third kappa shape index (κ3) is 2.51. The highest BCUT2D eigenvalue weighted by atomic mass is 32.2. The van der Waals surface area contributed by atoms with Gasteiger partial charge in [0.25, 0.3) is 5.91 Å². The zero-order valence-electron chi connectivity index (χ0n) is 11.6. The first-order valence-electron chi connectivity index (χ1n) is 6.56. The number of imidazole rings is 1. The maximum Gasteiger partial charge on any atom is 0.287 e. The second-order valence-corrected chi connectivity index (χ2v) is 6.26. The predicted molar refractivity (Wildman–Crippen MR) is 75.0 cm³/mol. The molecule has 1 unspecified atom stereocenters. The molecule has 0 spiro atoms. The molecule has 0 aromatic carbocycles. The molecule has 2 heterocycles. The van der Waals surface area contributed by atoms with E-state index in [-0.39, 0.29) is 5.91 Å². The Labute approximate surface area is 116 Å². The third-order valence-corrected chi connectivity index (χ3v) is 4.60. The quantitative estimate of drug-likeness (QED) is 0.771. The molecule has 106 valence electrons. The summed E-state index contributed by atoms with van der Waals surface area (Å²) in [6, 6.07) is 0. The summed E-state index contributed by atoms with van der Waals surface area (Å²) in [7, 11) is 3.23. The van der Waals surface area contributed by atoms with Crippen molar-refractivity contribution in [1.29, 1.82) is 0 Å². The Bertz CT molecular complexity index is 500. The zero-order valence-corrected chi connectivity index (χ0v) is 12.4. The van der Waals surface area contributed by atoms with E-state index < -0.39 is 11.2 Å². The lowest BCUT2D eigenvalue weighted by Gasteiger charge is -2.29. The van der Waals surface area contributed by atoms with Gasteiger partial charge in [-0.05, 0) is 6.42 Å². The Kier molecular flexibility index (Phi) is 4.24. The summed E-state index contributed by atoms with van der Waals surface area (Å²) in [5, 5.41) is 0. The number of fused-ring (bicyclic) bond motifs is 1. The topological polar surface area (TPSA) is 58.4 Å². The van der Waals surface area contributed by atoms with Crippen molar-refractivity contribution in [2.75, 3.05) is 18.4 Å². The molecule has 1 aromatic heterocycles. The van der Waals surface area contributed by atoms with E-state index in [0.717, 1.165) is 19.4 Å². The van der Waals surface area contributed by atoms with Gasteiger partial charge in [0.2, 0.25) is 11.2 Å². The second kappa shape index (κ2) is 5.73. The van der Waals surface area contributed by atoms with E-state index in [1.54, 1.807) is 20.4 Å². The number of hydrogen-bond acceptors (Lipinski definition) is 3. The fourth-order valence-electron chi connectivity index (χ4n) is 2.18. The molecule has 7 heteroatoms. The van der Waals surface area contributed by atoms with Gasteiger partial charge in [-0.1, -0.05) is 26.2 Å². The molecule has 0 aliphatic carbocycles.